The van der Waals surface area contributed by atoms with Gasteiger partial charge in [-0.05, 0) is 18.3 Å². The molecular weight excluding hydrogens is 212 g/mol. The minimum Gasteiger partial charge on any atom is -0.481 e. The van der Waals surface area contributed by atoms with E-state index in [1.807, 2.05) is 29.8 Å². The number of hydrogen-bond acceptors (Lipinski definition) is 4. The Morgan fingerprint density at radius 1 is 1.47 bits per heavy atom. The summed E-state index contributed by atoms with van der Waals surface area (Å²) in [6.45, 7) is 0. The Morgan fingerprint density at radius 3 is 2.80 bits per heavy atom. The fourth-order valence-electron chi connectivity index (χ4n) is 1.44. The predicted octanol–water partition coefficient (Wildman–Crippen LogP) is 1.30. The monoisotopic (exact) mass is 224 g/mol. The first-order chi connectivity index (χ1) is 7.13. The molecule has 2 aromatic heterocycles. The second-order valence-corrected chi connectivity index (χ2v) is 3.70. The number of aromatic nitrogens is 3. The molecule has 2 rings (SSSR count). The van der Waals surface area contributed by atoms with Gasteiger partial charge in [-0.25, -0.2) is 4.68 Å². The van der Waals surface area contributed by atoms with E-state index in [-0.39, 0.29) is 0 Å². The van der Waals surface area contributed by atoms with Gasteiger partial charge in [0.1, 0.15) is 0 Å². The molecule has 0 aliphatic rings. The number of fused-ring (bicyclic) bond motifs is 1. The average molecular weight is 224 g/mol. The summed E-state index contributed by atoms with van der Waals surface area (Å²) >= 11 is 5.19. The maximum atomic E-state index is 5.19. The summed E-state index contributed by atoms with van der Waals surface area (Å²) in [4.78, 5) is 7.41. The van der Waals surface area contributed by atoms with E-state index in [1.54, 1.807) is 13.2 Å². The molecule has 0 aromatic carbocycles. The summed E-state index contributed by atoms with van der Waals surface area (Å²) in [6, 6.07) is 3.70. The SMILES string of the molecule is COc1ccc2[nH]c(=S)n(N(C)C)c2n1. The van der Waals surface area contributed by atoms with Crippen LogP contribution in [-0.2, 0) is 0 Å². The fourth-order valence-corrected chi connectivity index (χ4v) is 1.80. The molecule has 0 radical (unpaired) electrons. The number of nitrogens with one attached hydrogen (secondary N) is 1. The zero-order chi connectivity index (χ0) is 11.0. The molecule has 0 atom stereocenters. The van der Waals surface area contributed by atoms with E-state index in [1.165, 1.54) is 0 Å². The highest BCUT2D eigenvalue weighted by molar-refractivity contribution is 7.71. The maximum absolute atomic E-state index is 5.19. The molecule has 0 aliphatic carbocycles. The lowest BCUT2D eigenvalue weighted by molar-refractivity contribution is 0.399. The van der Waals surface area contributed by atoms with Crippen molar-refractivity contribution in [2.75, 3.05) is 26.2 Å². The number of nitrogens with zero attached hydrogens (tertiary/aromatic N) is 3. The van der Waals surface area contributed by atoms with Crippen LogP contribution >= 0.6 is 12.2 Å². The zero-order valence-electron chi connectivity index (χ0n) is 8.81. The van der Waals surface area contributed by atoms with Gasteiger partial charge >= 0.3 is 0 Å². The van der Waals surface area contributed by atoms with Crippen molar-refractivity contribution in [1.29, 1.82) is 0 Å². The molecule has 0 aliphatic heterocycles. The van der Waals surface area contributed by atoms with Crippen LogP contribution in [0.3, 0.4) is 0 Å². The molecular formula is C9H12N4OS. The minimum absolute atomic E-state index is 0.576. The minimum atomic E-state index is 0.576. The van der Waals surface area contributed by atoms with Gasteiger partial charge in [-0.15, -0.1) is 0 Å². The van der Waals surface area contributed by atoms with E-state index >= 15 is 0 Å². The van der Waals surface area contributed by atoms with Gasteiger partial charge in [0, 0.05) is 20.2 Å². The first-order valence-corrected chi connectivity index (χ1v) is 4.87. The van der Waals surface area contributed by atoms with Crippen LogP contribution in [0.25, 0.3) is 11.2 Å². The summed E-state index contributed by atoms with van der Waals surface area (Å²) in [5, 5.41) is 1.87. The van der Waals surface area contributed by atoms with Gasteiger partial charge in [0.15, 0.2) is 10.4 Å². The molecule has 5 nitrogen and oxygen atoms in total. The highest BCUT2D eigenvalue weighted by Crippen LogP contribution is 2.15. The first-order valence-electron chi connectivity index (χ1n) is 4.47. The lowest BCUT2D eigenvalue weighted by Gasteiger charge is -2.13. The molecule has 0 spiro atoms. The van der Waals surface area contributed by atoms with Crippen molar-refractivity contribution in [1.82, 2.24) is 14.6 Å². The molecule has 0 saturated heterocycles. The molecule has 1 N–H and O–H groups in total. The zero-order valence-corrected chi connectivity index (χ0v) is 9.63. The second-order valence-electron chi connectivity index (χ2n) is 3.31. The number of methoxy groups -OCH3 is 1. The summed E-state index contributed by atoms with van der Waals surface area (Å²) in [6.07, 6.45) is 0. The number of rotatable bonds is 2. The third-order valence-electron chi connectivity index (χ3n) is 2.09. The molecule has 15 heavy (non-hydrogen) atoms. The van der Waals surface area contributed by atoms with Crippen LogP contribution in [0.5, 0.6) is 5.88 Å². The van der Waals surface area contributed by atoms with Crippen molar-refractivity contribution < 1.29 is 4.74 Å². The molecule has 0 saturated carbocycles. The Bertz CT molecular complexity index is 543. The largest absolute Gasteiger partial charge is 0.481 e. The number of imidazole rings is 1. The molecule has 2 aromatic rings. The summed E-state index contributed by atoms with van der Waals surface area (Å²) < 4.78 is 7.51. The van der Waals surface area contributed by atoms with Gasteiger partial charge in [-0.1, -0.05) is 0 Å². The average Bonchev–Trinajstić information content (AvgIpc) is 2.52. The molecule has 80 valence electrons. The second kappa shape index (κ2) is 3.54. The normalized spacial score (nSPS) is 10.6. The Balaban J connectivity index is 2.78. The number of ether oxygens (including phenoxy) is 1. The predicted molar refractivity (Wildman–Crippen MR) is 61.5 cm³/mol. The van der Waals surface area contributed by atoms with Crippen molar-refractivity contribution in [2.24, 2.45) is 0 Å². The highest BCUT2D eigenvalue weighted by Gasteiger charge is 2.08. The first kappa shape index (κ1) is 9.97. The van der Waals surface area contributed by atoms with Crippen LogP contribution < -0.4 is 9.75 Å². The van der Waals surface area contributed by atoms with Crippen molar-refractivity contribution in [2.45, 2.75) is 0 Å². The van der Waals surface area contributed by atoms with Crippen molar-refractivity contribution >= 4 is 23.4 Å². The van der Waals surface area contributed by atoms with Crippen LogP contribution in [-0.4, -0.2) is 35.8 Å². The van der Waals surface area contributed by atoms with Gasteiger partial charge in [0.2, 0.25) is 5.88 Å². The van der Waals surface area contributed by atoms with Crippen molar-refractivity contribution in [3.05, 3.63) is 16.9 Å². The van der Waals surface area contributed by atoms with Crippen LogP contribution in [0.1, 0.15) is 0 Å². The third-order valence-corrected chi connectivity index (χ3v) is 2.37. The van der Waals surface area contributed by atoms with Crippen LogP contribution in [0, 0.1) is 4.77 Å². The fraction of sp³-hybridized carbons (Fsp3) is 0.333. The Kier molecular flexibility index (Phi) is 2.36. The standard InChI is InChI=1S/C9H12N4OS/c1-12(2)13-8-6(10-9(13)15)4-5-7(11-8)14-3/h4-5H,1-3H3,(H,10,15). The van der Waals surface area contributed by atoms with Crippen LogP contribution in [0.15, 0.2) is 12.1 Å². The van der Waals surface area contributed by atoms with Crippen molar-refractivity contribution in [3.63, 3.8) is 0 Å². The molecule has 0 bridgehead atoms. The molecule has 2 heterocycles. The van der Waals surface area contributed by atoms with Crippen LogP contribution in [0.2, 0.25) is 0 Å². The Morgan fingerprint density at radius 2 is 2.20 bits per heavy atom. The summed E-state index contributed by atoms with van der Waals surface area (Å²) in [5.74, 6) is 0.576. The topological polar surface area (TPSA) is 46.1 Å². The maximum Gasteiger partial charge on any atom is 0.215 e. The molecule has 0 unspecified atom stereocenters. The van der Waals surface area contributed by atoms with Gasteiger partial charge in [0.05, 0.1) is 12.6 Å². The van der Waals surface area contributed by atoms with Gasteiger partial charge in [0.25, 0.3) is 0 Å². The molecule has 0 amide bonds. The van der Waals surface area contributed by atoms with Crippen LogP contribution in [0.4, 0.5) is 0 Å². The van der Waals surface area contributed by atoms with Gasteiger partial charge < -0.3 is 14.7 Å². The molecule has 0 fully saturated rings. The highest BCUT2D eigenvalue weighted by atomic mass is 32.1. The lowest BCUT2D eigenvalue weighted by atomic mass is 10.4. The number of H-pyrrole nitrogens is 1. The third kappa shape index (κ3) is 1.56. The van der Waals surface area contributed by atoms with E-state index in [4.69, 9.17) is 17.0 Å². The molecule has 6 heteroatoms. The van der Waals surface area contributed by atoms with Gasteiger partial charge in [-0.3, -0.25) is 0 Å². The smallest absolute Gasteiger partial charge is 0.215 e. The Labute approximate surface area is 92.3 Å². The number of hydrogen-bond donors (Lipinski definition) is 1. The Hall–Kier alpha value is -1.56. The quantitative estimate of drug-likeness (QED) is 0.781. The van der Waals surface area contributed by atoms with Gasteiger partial charge in [-0.2, -0.15) is 4.98 Å². The summed E-state index contributed by atoms with van der Waals surface area (Å²) in [5.41, 5.74) is 1.67. The van der Waals surface area contributed by atoms with E-state index in [0.717, 1.165) is 11.2 Å². The number of pyridine rings is 1. The van der Waals surface area contributed by atoms with E-state index in [2.05, 4.69) is 9.97 Å². The van der Waals surface area contributed by atoms with Crippen molar-refractivity contribution in [3.8, 4) is 5.88 Å². The lowest BCUT2D eigenvalue weighted by Crippen LogP contribution is -2.25. The van der Waals surface area contributed by atoms with E-state index < -0.39 is 0 Å². The van der Waals surface area contributed by atoms with E-state index in [9.17, 15) is 0 Å². The summed E-state index contributed by atoms with van der Waals surface area (Å²) in [7, 11) is 5.41. The number of aromatic amines is 1. The van der Waals surface area contributed by atoms with E-state index in [0.29, 0.717) is 10.7 Å².